The van der Waals surface area contributed by atoms with Crippen LogP contribution in [0.2, 0.25) is 0 Å². The second-order valence-electron chi connectivity index (χ2n) is 6.57. The van der Waals surface area contributed by atoms with E-state index in [4.69, 9.17) is 14.2 Å². The summed E-state index contributed by atoms with van der Waals surface area (Å²) < 4.78 is 17.0. The third-order valence-electron chi connectivity index (χ3n) is 4.79. The van der Waals surface area contributed by atoms with Crippen LogP contribution >= 0.6 is 0 Å². The van der Waals surface area contributed by atoms with E-state index in [1.165, 1.54) is 0 Å². The van der Waals surface area contributed by atoms with Crippen molar-refractivity contribution in [3.05, 3.63) is 30.0 Å². The number of hydrogen-bond acceptors (Lipinski definition) is 8. The van der Waals surface area contributed by atoms with Crippen LogP contribution in [0.5, 0.6) is 5.75 Å². The lowest BCUT2D eigenvalue weighted by atomic mass is 10.0. The van der Waals surface area contributed by atoms with Gasteiger partial charge in [0.15, 0.2) is 11.6 Å². The molecule has 0 unspecified atom stereocenters. The Labute approximate surface area is 152 Å². The lowest BCUT2D eigenvalue weighted by Crippen LogP contribution is -2.45. The average Bonchev–Trinajstić information content (AvgIpc) is 3.11. The molecule has 1 spiro atoms. The topological polar surface area (TPSA) is 81.6 Å². The molecule has 0 amide bonds. The molecule has 0 bridgehead atoms. The Morgan fingerprint density at radius 1 is 1.19 bits per heavy atom. The van der Waals surface area contributed by atoms with Crippen LogP contribution in [0.3, 0.4) is 0 Å². The maximum Gasteiger partial charge on any atom is 0.247 e. The first-order valence-electron chi connectivity index (χ1n) is 8.82. The molecular formula is C18H23N5O3. The lowest BCUT2D eigenvalue weighted by molar-refractivity contribution is -0.169. The maximum absolute atomic E-state index is 5.77. The number of rotatable bonds is 4. The second kappa shape index (κ2) is 7.05. The highest BCUT2D eigenvalue weighted by Gasteiger charge is 2.40. The lowest BCUT2D eigenvalue weighted by Gasteiger charge is -2.37. The minimum atomic E-state index is -0.408. The van der Waals surface area contributed by atoms with Crippen molar-refractivity contribution < 1.29 is 14.2 Å². The van der Waals surface area contributed by atoms with Gasteiger partial charge in [-0.05, 0) is 24.6 Å². The highest BCUT2D eigenvalue weighted by molar-refractivity contribution is 5.65. The van der Waals surface area contributed by atoms with Gasteiger partial charge in [0, 0.05) is 25.9 Å². The Morgan fingerprint density at radius 2 is 1.96 bits per heavy atom. The molecule has 3 heterocycles. The van der Waals surface area contributed by atoms with E-state index in [0.29, 0.717) is 25.0 Å². The highest BCUT2D eigenvalue weighted by atomic mass is 16.7. The zero-order chi connectivity index (χ0) is 18.0. The molecule has 2 aliphatic heterocycles. The van der Waals surface area contributed by atoms with Gasteiger partial charge in [-0.15, -0.1) is 5.10 Å². The van der Waals surface area contributed by atoms with Crippen LogP contribution in [-0.4, -0.2) is 54.4 Å². The van der Waals surface area contributed by atoms with E-state index >= 15 is 0 Å². The van der Waals surface area contributed by atoms with Crippen molar-refractivity contribution in [3.8, 4) is 5.75 Å². The molecular weight excluding hydrogens is 334 g/mol. The fraction of sp³-hybridized carbons (Fsp3) is 0.500. The number of nitrogens with one attached hydrogen (secondary N) is 1. The number of ether oxygens (including phenoxy) is 3. The zero-order valence-corrected chi connectivity index (χ0v) is 15.1. The summed E-state index contributed by atoms with van der Waals surface area (Å²) in [7, 11) is 1.65. The largest absolute Gasteiger partial charge is 0.495 e. The number of hydrogen-bond donors (Lipinski definition) is 1. The average molecular weight is 357 g/mol. The van der Waals surface area contributed by atoms with Gasteiger partial charge in [0.05, 0.1) is 32.2 Å². The van der Waals surface area contributed by atoms with Crippen LogP contribution in [0.25, 0.3) is 0 Å². The van der Waals surface area contributed by atoms with Gasteiger partial charge >= 0.3 is 0 Å². The van der Waals surface area contributed by atoms with Gasteiger partial charge in [0.2, 0.25) is 5.95 Å². The highest BCUT2D eigenvalue weighted by Crippen LogP contribution is 2.33. The van der Waals surface area contributed by atoms with E-state index < -0.39 is 5.79 Å². The molecule has 8 nitrogen and oxygen atoms in total. The smallest absolute Gasteiger partial charge is 0.247 e. The Balaban J connectivity index is 1.48. The molecule has 2 aromatic rings. The van der Waals surface area contributed by atoms with Crippen molar-refractivity contribution >= 4 is 17.5 Å². The molecule has 2 saturated heterocycles. The maximum atomic E-state index is 5.77. The molecule has 2 fully saturated rings. The molecule has 8 heteroatoms. The first kappa shape index (κ1) is 17.0. The van der Waals surface area contributed by atoms with Gasteiger partial charge in [-0.1, -0.05) is 6.07 Å². The van der Waals surface area contributed by atoms with Crippen molar-refractivity contribution in [1.82, 2.24) is 15.2 Å². The summed E-state index contributed by atoms with van der Waals surface area (Å²) in [5.74, 6) is 1.59. The third kappa shape index (κ3) is 3.42. The van der Waals surface area contributed by atoms with Gasteiger partial charge in [0.1, 0.15) is 5.75 Å². The fourth-order valence-corrected chi connectivity index (χ4v) is 3.38. The van der Waals surface area contributed by atoms with E-state index in [1.54, 1.807) is 13.3 Å². The van der Waals surface area contributed by atoms with Crippen LogP contribution in [0.15, 0.2) is 24.4 Å². The van der Waals surface area contributed by atoms with Crippen molar-refractivity contribution in [3.63, 3.8) is 0 Å². The fourth-order valence-electron chi connectivity index (χ4n) is 3.38. The standard InChI is InChI=1S/C18H23N5O3/c1-13-3-4-15(24-2)14(11-13)20-16-12-19-22-17(21-16)23-7-5-18(6-8-23)25-9-10-26-18/h3-4,11-12H,5-10H2,1-2H3,(H,20,21,22). The third-order valence-corrected chi connectivity index (χ3v) is 4.79. The number of nitrogens with zero attached hydrogens (tertiary/aromatic N) is 4. The summed E-state index contributed by atoms with van der Waals surface area (Å²) >= 11 is 0. The Bertz CT molecular complexity index is 769. The normalized spacial score (nSPS) is 18.9. The molecule has 0 atom stereocenters. The molecule has 0 saturated carbocycles. The van der Waals surface area contributed by atoms with E-state index in [-0.39, 0.29) is 0 Å². The first-order valence-corrected chi connectivity index (χ1v) is 8.82. The molecule has 0 aliphatic carbocycles. The summed E-state index contributed by atoms with van der Waals surface area (Å²) in [6.07, 6.45) is 3.22. The quantitative estimate of drug-likeness (QED) is 0.892. The van der Waals surface area contributed by atoms with E-state index in [2.05, 4.69) is 25.4 Å². The van der Waals surface area contributed by atoms with Crippen LogP contribution in [-0.2, 0) is 9.47 Å². The second-order valence-corrected chi connectivity index (χ2v) is 6.57. The van der Waals surface area contributed by atoms with Crippen LogP contribution in [0, 0.1) is 6.92 Å². The molecule has 138 valence electrons. The van der Waals surface area contributed by atoms with Crippen molar-refractivity contribution in [2.75, 3.05) is 43.6 Å². The van der Waals surface area contributed by atoms with Gasteiger partial charge < -0.3 is 24.4 Å². The molecule has 1 aromatic carbocycles. The molecule has 26 heavy (non-hydrogen) atoms. The predicted octanol–water partition coefficient (Wildman–Crippen LogP) is 2.28. The molecule has 0 radical (unpaired) electrons. The molecule has 4 rings (SSSR count). The minimum Gasteiger partial charge on any atom is -0.495 e. The number of piperidine rings is 1. The number of anilines is 3. The Hall–Kier alpha value is -2.45. The number of aromatic nitrogens is 3. The summed E-state index contributed by atoms with van der Waals surface area (Å²) in [6.45, 7) is 4.94. The molecule has 1 aromatic heterocycles. The summed E-state index contributed by atoms with van der Waals surface area (Å²) in [5, 5.41) is 11.6. The van der Waals surface area contributed by atoms with Crippen molar-refractivity contribution in [2.45, 2.75) is 25.6 Å². The van der Waals surface area contributed by atoms with Gasteiger partial charge in [-0.2, -0.15) is 10.1 Å². The zero-order valence-electron chi connectivity index (χ0n) is 15.1. The minimum absolute atomic E-state index is 0.408. The number of methoxy groups -OCH3 is 1. The van der Waals surface area contributed by atoms with Crippen molar-refractivity contribution in [1.29, 1.82) is 0 Å². The summed E-state index contributed by atoms with van der Waals surface area (Å²) in [6, 6.07) is 5.95. The Kier molecular flexibility index (Phi) is 4.60. The van der Waals surface area contributed by atoms with Crippen LogP contribution in [0.1, 0.15) is 18.4 Å². The predicted molar refractivity (Wildman–Crippen MR) is 96.9 cm³/mol. The van der Waals surface area contributed by atoms with Crippen LogP contribution in [0.4, 0.5) is 17.5 Å². The number of aryl methyl sites for hydroxylation is 1. The first-order chi connectivity index (χ1) is 12.7. The SMILES string of the molecule is COc1ccc(C)cc1Nc1cnnc(N2CCC3(CC2)OCCO3)n1. The van der Waals surface area contributed by atoms with Gasteiger partial charge in [-0.25, -0.2) is 0 Å². The number of benzene rings is 1. The van der Waals surface area contributed by atoms with E-state index in [9.17, 15) is 0 Å². The van der Waals surface area contributed by atoms with E-state index in [1.807, 2.05) is 25.1 Å². The van der Waals surface area contributed by atoms with Gasteiger partial charge in [0.25, 0.3) is 0 Å². The Morgan fingerprint density at radius 3 is 2.69 bits per heavy atom. The van der Waals surface area contributed by atoms with E-state index in [0.717, 1.165) is 42.9 Å². The van der Waals surface area contributed by atoms with Crippen LogP contribution < -0.4 is 15.0 Å². The van der Waals surface area contributed by atoms with Crippen molar-refractivity contribution in [2.24, 2.45) is 0 Å². The summed E-state index contributed by atoms with van der Waals surface area (Å²) in [5.41, 5.74) is 1.98. The van der Waals surface area contributed by atoms with Gasteiger partial charge in [-0.3, -0.25) is 0 Å². The molecule has 2 aliphatic rings. The monoisotopic (exact) mass is 357 g/mol. The summed E-state index contributed by atoms with van der Waals surface area (Å²) in [4.78, 5) is 6.73. The molecule has 1 N–H and O–H groups in total.